The van der Waals surface area contributed by atoms with Gasteiger partial charge in [-0.25, -0.2) is 4.79 Å². The zero-order valence-electron chi connectivity index (χ0n) is 11.3. The van der Waals surface area contributed by atoms with Crippen LogP contribution in [0, 0.1) is 0 Å². The first kappa shape index (κ1) is 17.0. The maximum atomic E-state index is 12.0. The number of aliphatic carboxylic acids is 1. The predicted octanol–water partition coefficient (Wildman–Crippen LogP) is 1.17. The lowest BCUT2D eigenvalue weighted by molar-refractivity contribution is -0.142. The van der Waals surface area contributed by atoms with Gasteiger partial charge in [0, 0.05) is 22.1 Å². The number of carbonyl (C=O) groups excluding carboxylic acids is 2. The van der Waals surface area contributed by atoms with E-state index in [0.717, 1.165) is 0 Å². The van der Waals surface area contributed by atoms with Crippen LogP contribution in [0.3, 0.4) is 0 Å². The SMILES string of the molecule is COC(=O)CC[C@H](NC(=O)c1ccc(N)c(Br)c1)C(=O)O. The normalized spacial score (nSPS) is 11.5. The van der Waals surface area contributed by atoms with E-state index in [9.17, 15) is 14.4 Å². The lowest BCUT2D eigenvalue weighted by Gasteiger charge is -2.14. The first-order valence-electron chi connectivity index (χ1n) is 6.00. The Bertz CT molecular complexity index is 561. The second-order valence-corrected chi connectivity index (χ2v) is 5.07. The lowest BCUT2D eigenvalue weighted by atomic mass is 10.1. The van der Waals surface area contributed by atoms with Crippen molar-refractivity contribution in [1.29, 1.82) is 0 Å². The van der Waals surface area contributed by atoms with Crippen LogP contribution in [0.15, 0.2) is 22.7 Å². The van der Waals surface area contributed by atoms with Crippen molar-refractivity contribution in [3.63, 3.8) is 0 Å². The molecule has 0 aliphatic heterocycles. The molecule has 0 aromatic heterocycles. The van der Waals surface area contributed by atoms with Gasteiger partial charge >= 0.3 is 11.9 Å². The Hall–Kier alpha value is -2.09. The fraction of sp³-hybridized carbons (Fsp3) is 0.308. The molecule has 0 aliphatic rings. The van der Waals surface area contributed by atoms with E-state index in [0.29, 0.717) is 10.2 Å². The number of anilines is 1. The van der Waals surface area contributed by atoms with Gasteiger partial charge in [-0.3, -0.25) is 9.59 Å². The predicted molar refractivity (Wildman–Crippen MR) is 78.7 cm³/mol. The fourth-order valence-corrected chi connectivity index (χ4v) is 1.91. The van der Waals surface area contributed by atoms with Crippen molar-refractivity contribution in [1.82, 2.24) is 5.32 Å². The van der Waals surface area contributed by atoms with Crippen molar-refractivity contribution in [2.75, 3.05) is 12.8 Å². The van der Waals surface area contributed by atoms with Gasteiger partial charge in [-0.05, 0) is 40.5 Å². The maximum Gasteiger partial charge on any atom is 0.326 e. The summed E-state index contributed by atoms with van der Waals surface area (Å²) in [6, 6.07) is 3.33. The van der Waals surface area contributed by atoms with Crippen molar-refractivity contribution in [2.24, 2.45) is 0 Å². The summed E-state index contributed by atoms with van der Waals surface area (Å²) in [7, 11) is 1.21. The standard InChI is InChI=1S/C13H15BrN2O5/c1-21-11(17)5-4-10(13(19)20)16-12(18)7-2-3-9(15)8(14)6-7/h2-3,6,10H,4-5,15H2,1H3,(H,16,18)(H,19,20)/t10-/m0/s1. The molecule has 0 unspecified atom stereocenters. The molecule has 0 aliphatic carbocycles. The summed E-state index contributed by atoms with van der Waals surface area (Å²) in [5.41, 5.74) is 6.34. The number of carbonyl (C=O) groups is 3. The van der Waals surface area contributed by atoms with E-state index >= 15 is 0 Å². The Morgan fingerprint density at radius 1 is 1.43 bits per heavy atom. The average Bonchev–Trinajstić information content (AvgIpc) is 2.45. The van der Waals surface area contributed by atoms with Gasteiger partial charge in [0.1, 0.15) is 6.04 Å². The third-order valence-corrected chi connectivity index (χ3v) is 3.42. The van der Waals surface area contributed by atoms with E-state index in [1.807, 2.05) is 0 Å². The summed E-state index contributed by atoms with van der Waals surface area (Å²) in [5.74, 6) is -2.32. The van der Waals surface area contributed by atoms with Gasteiger partial charge in [-0.1, -0.05) is 0 Å². The molecule has 114 valence electrons. The number of nitrogen functional groups attached to an aromatic ring is 1. The molecule has 0 heterocycles. The van der Waals surface area contributed by atoms with Crippen LogP contribution in [0.1, 0.15) is 23.2 Å². The third kappa shape index (κ3) is 5.07. The number of esters is 1. The zero-order valence-corrected chi connectivity index (χ0v) is 12.8. The Kier molecular flexibility index (Phi) is 6.16. The molecule has 0 radical (unpaired) electrons. The number of hydrogen-bond acceptors (Lipinski definition) is 5. The molecular weight excluding hydrogens is 344 g/mol. The minimum absolute atomic E-state index is 0.0517. The van der Waals surface area contributed by atoms with Crippen molar-refractivity contribution >= 4 is 39.5 Å². The molecule has 7 nitrogen and oxygen atoms in total. The van der Waals surface area contributed by atoms with E-state index in [4.69, 9.17) is 10.8 Å². The van der Waals surface area contributed by atoms with Gasteiger partial charge in [-0.2, -0.15) is 0 Å². The molecule has 0 bridgehead atoms. The molecule has 0 saturated carbocycles. The molecule has 0 saturated heterocycles. The third-order valence-electron chi connectivity index (χ3n) is 2.73. The molecule has 1 aromatic carbocycles. The Labute approximate surface area is 129 Å². The summed E-state index contributed by atoms with van der Waals surface area (Å²) in [5, 5.41) is 11.4. The lowest BCUT2D eigenvalue weighted by Crippen LogP contribution is -2.41. The van der Waals surface area contributed by atoms with Crippen LogP contribution in [0.5, 0.6) is 0 Å². The minimum atomic E-state index is -1.22. The van der Waals surface area contributed by atoms with Crippen LogP contribution in [0.4, 0.5) is 5.69 Å². The molecule has 1 atom stereocenters. The number of nitrogens with one attached hydrogen (secondary N) is 1. The van der Waals surface area contributed by atoms with E-state index in [2.05, 4.69) is 26.0 Å². The van der Waals surface area contributed by atoms with Crippen LogP contribution in [0.25, 0.3) is 0 Å². The highest BCUT2D eigenvalue weighted by Gasteiger charge is 2.22. The van der Waals surface area contributed by atoms with Crippen molar-refractivity contribution in [2.45, 2.75) is 18.9 Å². The largest absolute Gasteiger partial charge is 0.480 e. The number of halogens is 1. The number of carboxylic acid groups (broad SMARTS) is 1. The second kappa shape index (κ2) is 7.63. The molecule has 8 heteroatoms. The van der Waals surface area contributed by atoms with Crippen LogP contribution >= 0.6 is 15.9 Å². The highest BCUT2D eigenvalue weighted by molar-refractivity contribution is 9.10. The number of nitrogens with two attached hydrogens (primary N) is 1. The second-order valence-electron chi connectivity index (χ2n) is 4.22. The molecule has 1 aromatic rings. The van der Waals surface area contributed by atoms with Crippen LogP contribution in [-0.4, -0.2) is 36.1 Å². The zero-order chi connectivity index (χ0) is 16.0. The summed E-state index contributed by atoms with van der Waals surface area (Å²) in [4.78, 5) is 34.1. The topological polar surface area (TPSA) is 119 Å². The summed E-state index contributed by atoms with van der Waals surface area (Å²) >= 11 is 3.19. The van der Waals surface area contributed by atoms with E-state index in [1.54, 1.807) is 0 Å². The molecule has 1 amide bonds. The maximum absolute atomic E-state index is 12.0. The summed E-state index contributed by atoms with van der Waals surface area (Å²) in [6.07, 6.45) is -0.150. The smallest absolute Gasteiger partial charge is 0.326 e. The number of benzene rings is 1. The Balaban J connectivity index is 2.74. The van der Waals surface area contributed by atoms with Gasteiger partial charge in [0.2, 0.25) is 0 Å². The van der Waals surface area contributed by atoms with Gasteiger partial charge in [0.05, 0.1) is 7.11 Å². The quantitative estimate of drug-likeness (QED) is 0.518. The van der Waals surface area contributed by atoms with Gasteiger partial charge < -0.3 is 20.9 Å². The number of carboxylic acids is 1. The van der Waals surface area contributed by atoms with Crippen LogP contribution in [-0.2, 0) is 14.3 Å². The first-order chi connectivity index (χ1) is 9.85. The highest BCUT2D eigenvalue weighted by atomic mass is 79.9. The van der Waals surface area contributed by atoms with Crippen molar-refractivity contribution in [3.05, 3.63) is 28.2 Å². The number of hydrogen-bond donors (Lipinski definition) is 3. The average molecular weight is 359 g/mol. The van der Waals surface area contributed by atoms with Crippen molar-refractivity contribution in [3.8, 4) is 0 Å². The molecule has 1 rings (SSSR count). The number of rotatable bonds is 6. The molecule has 21 heavy (non-hydrogen) atoms. The molecular formula is C13H15BrN2O5. The summed E-state index contributed by atoms with van der Waals surface area (Å²) in [6.45, 7) is 0. The number of amides is 1. The van der Waals surface area contributed by atoms with Gasteiger partial charge in [0.25, 0.3) is 5.91 Å². The van der Waals surface area contributed by atoms with E-state index in [-0.39, 0.29) is 18.4 Å². The first-order valence-corrected chi connectivity index (χ1v) is 6.80. The number of ether oxygens (including phenoxy) is 1. The Morgan fingerprint density at radius 2 is 2.10 bits per heavy atom. The van der Waals surface area contributed by atoms with Crippen LogP contribution in [0.2, 0.25) is 0 Å². The minimum Gasteiger partial charge on any atom is -0.480 e. The monoisotopic (exact) mass is 358 g/mol. The van der Waals surface area contributed by atoms with Gasteiger partial charge in [0.15, 0.2) is 0 Å². The molecule has 0 fully saturated rings. The molecule has 4 N–H and O–H groups in total. The highest BCUT2D eigenvalue weighted by Crippen LogP contribution is 2.20. The fourth-order valence-electron chi connectivity index (χ4n) is 1.53. The Morgan fingerprint density at radius 3 is 2.62 bits per heavy atom. The molecule has 0 spiro atoms. The van der Waals surface area contributed by atoms with E-state index in [1.165, 1.54) is 25.3 Å². The summed E-state index contributed by atoms with van der Waals surface area (Å²) < 4.78 is 4.97. The van der Waals surface area contributed by atoms with Crippen molar-refractivity contribution < 1.29 is 24.2 Å². The van der Waals surface area contributed by atoms with Gasteiger partial charge in [-0.15, -0.1) is 0 Å². The van der Waals surface area contributed by atoms with Crippen LogP contribution < -0.4 is 11.1 Å². The van der Waals surface area contributed by atoms with E-state index < -0.39 is 23.9 Å². The number of methoxy groups -OCH3 is 1.